The third-order valence-electron chi connectivity index (χ3n) is 8.81. The molecule has 0 aliphatic rings. The minimum Gasteiger partial charge on any atom is -0.456 e. The van der Waals surface area contributed by atoms with Crippen LogP contribution in [0.1, 0.15) is 6.85 Å². The van der Waals surface area contributed by atoms with E-state index < -0.39 is 18.1 Å². The van der Waals surface area contributed by atoms with Crippen molar-refractivity contribution in [3.63, 3.8) is 0 Å². The number of fused-ring (bicyclic) bond motifs is 7. The minimum atomic E-state index is -0.484. The van der Waals surface area contributed by atoms with Gasteiger partial charge in [0.1, 0.15) is 11.2 Å². The average Bonchev–Trinajstić information content (AvgIpc) is 3.77. The molecule has 10 aromatic rings. The van der Waals surface area contributed by atoms with E-state index in [4.69, 9.17) is 26.2 Å². The van der Waals surface area contributed by atoms with Gasteiger partial charge in [-0.3, -0.25) is 0 Å². The molecule has 10 rings (SSSR count). The maximum Gasteiger partial charge on any atom is 0.164 e. The summed E-state index contributed by atoms with van der Waals surface area (Å²) < 4.78 is 51.2. The fourth-order valence-corrected chi connectivity index (χ4v) is 7.83. The zero-order valence-electron chi connectivity index (χ0n) is 30.2. The largest absolute Gasteiger partial charge is 0.456 e. The second-order valence-corrected chi connectivity index (χ2v) is 12.7. The van der Waals surface area contributed by atoms with Crippen molar-refractivity contribution < 1.29 is 11.3 Å². The Kier molecular flexibility index (Phi) is 4.98. The van der Waals surface area contributed by atoms with Crippen molar-refractivity contribution in [2.24, 2.45) is 0 Å². The van der Waals surface area contributed by atoms with Crippen LogP contribution in [0.25, 0.3) is 98.2 Å². The first kappa shape index (κ1) is 22.4. The standard InChI is InChI=1S/C43H25N3OS/c1-2-11-26(12-3-1)41-44-42(28-21-22-33-32-15-6-8-19-37(32)47-38(33)25-28)46-43(45-41)36-24-29(23-27-13-4-5-14-30(27)36)31-17-10-18-35-34-16-7-9-20-39(34)48-40(31)35/h1-25H/i1D,2D,3D,11D,12D. The van der Waals surface area contributed by atoms with E-state index >= 15 is 0 Å². The summed E-state index contributed by atoms with van der Waals surface area (Å²) in [4.78, 5) is 14.7. The molecule has 48 heavy (non-hydrogen) atoms. The van der Waals surface area contributed by atoms with Crippen LogP contribution in [0.5, 0.6) is 0 Å². The van der Waals surface area contributed by atoms with Crippen molar-refractivity contribution in [2.75, 3.05) is 0 Å². The van der Waals surface area contributed by atoms with E-state index in [1.54, 1.807) is 11.3 Å². The third kappa shape index (κ3) is 4.33. The number of hydrogen-bond donors (Lipinski definition) is 0. The van der Waals surface area contributed by atoms with E-state index in [1.165, 1.54) is 20.2 Å². The Morgan fingerprint density at radius 1 is 0.479 bits per heavy atom. The molecular weight excluding hydrogens is 607 g/mol. The zero-order chi connectivity index (χ0) is 36.0. The number of furan rings is 1. The molecule has 0 saturated heterocycles. The van der Waals surface area contributed by atoms with Gasteiger partial charge in [-0.05, 0) is 58.3 Å². The highest BCUT2D eigenvalue weighted by Crippen LogP contribution is 2.42. The van der Waals surface area contributed by atoms with Gasteiger partial charge in [-0.1, -0.05) is 115 Å². The van der Waals surface area contributed by atoms with Gasteiger partial charge in [-0.25, -0.2) is 15.0 Å². The molecule has 0 aliphatic carbocycles. The Morgan fingerprint density at radius 2 is 1.19 bits per heavy atom. The van der Waals surface area contributed by atoms with E-state index in [9.17, 15) is 0 Å². The van der Waals surface area contributed by atoms with Crippen molar-refractivity contribution >= 4 is 64.2 Å². The number of rotatable bonds is 4. The van der Waals surface area contributed by atoms with E-state index in [-0.39, 0.29) is 29.3 Å². The lowest BCUT2D eigenvalue weighted by Gasteiger charge is -2.13. The summed E-state index contributed by atoms with van der Waals surface area (Å²) in [7, 11) is 0. The first-order chi connectivity index (χ1) is 25.8. The summed E-state index contributed by atoms with van der Waals surface area (Å²) in [6, 6.07) is 38.5. The van der Waals surface area contributed by atoms with Crippen LogP contribution in [-0.2, 0) is 0 Å². The zero-order valence-corrected chi connectivity index (χ0v) is 26.0. The Bertz CT molecular complexity index is 3130. The molecule has 0 amide bonds. The minimum absolute atomic E-state index is 0.0206. The number of para-hydroxylation sites is 1. The molecule has 4 nitrogen and oxygen atoms in total. The molecule has 224 valence electrons. The van der Waals surface area contributed by atoms with E-state index in [0.717, 1.165) is 43.8 Å². The maximum atomic E-state index is 8.81. The summed E-state index contributed by atoms with van der Waals surface area (Å²) >= 11 is 1.76. The predicted octanol–water partition coefficient (Wildman–Crippen LogP) is 12.0. The highest BCUT2D eigenvalue weighted by Gasteiger charge is 2.18. The van der Waals surface area contributed by atoms with Crippen LogP contribution in [0.2, 0.25) is 0 Å². The van der Waals surface area contributed by atoms with E-state index in [1.807, 2.05) is 60.7 Å². The van der Waals surface area contributed by atoms with Gasteiger partial charge in [0.05, 0.1) is 6.85 Å². The second-order valence-electron chi connectivity index (χ2n) is 11.6. The monoisotopic (exact) mass is 636 g/mol. The van der Waals surface area contributed by atoms with Gasteiger partial charge in [-0.2, -0.15) is 0 Å². The molecule has 3 heterocycles. The number of thiophene rings is 1. The number of aromatic nitrogens is 3. The van der Waals surface area contributed by atoms with Crippen molar-refractivity contribution in [3.8, 4) is 45.3 Å². The van der Waals surface area contributed by atoms with E-state index in [2.05, 4.69) is 60.7 Å². The SMILES string of the molecule is [2H]c1c([2H])c([2H])c(-c2nc(-c3ccc4c(c3)oc3ccccc34)nc(-c3cc(-c4cccc5c4sc4ccccc45)cc4ccccc34)n2)c([2H])c1[2H]. The number of benzene rings is 7. The van der Waals surface area contributed by atoms with Gasteiger partial charge < -0.3 is 4.42 Å². The quantitative estimate of drug-likeness (QED) is 0.193. The molecular formula is C43H25N3OS. The maximum absolute atomic E-state index is 8.81. The van der Waals surface area contributed by atoms with Gasteiger partial charge in [-0.15, -0.1) is 11.3 Å². The molecule has 0 unspecified atom stereocenters. The van der Waals surface area contributed by atoms with Crippen LogP contribution < -0.4 is 0 Å². The lowest BCUT2D eigenvalue weighted by atomic mass is 9.95. The van der Waals surface area contributed by atoms with Crippen LogP contribution in [-0.4, -0.2) is 15.0 Å². The third-order valence-corrected chi connectivity index (χ3v) is 10.0. The van der Waals surface area contributed by atoms with Crippen LogP contribution in [0.4, 0.5) is 0 Å². The number of hydrogen-bond acceptors (Lipinski definition) is 5. The van der Waals surface area contributed by atoms with Crippen LogP contribution in [0.15, 0.2) is 156 Å². The highest BCUT2D eigenvalue weighted by molar-refractivity contribution is 7.26. The van der Waals surface area contributed by atoms with Gasteiger partial charge in [0, 0.05) is 47.6 Å². The summed E-state index contributed by atoms with van der Waals surface area (Å²) in [5, 5.41) is 6.21. The summed E-state index contributed by atoms with van der Waals surface area (Å²) in [5.74, 6) is 0.566. The lowest BCUT2D eigenvalue weighted by Crippen LogP contribution is -2.01. The second kappa shape index (κ2) is 10.7. The first-order valence-corrected chi connectivity index (χ1v) is 16.3. The lowest BCUT2D eigenvalue weighted by molar-refractivity contribution is 0.669. The Labute approximate surface area is 286 Å². The van der Waals surface area contributed by atoms with Gasteiger partial charge >= 0.3 is 0 Å². The Morgan fingerprint density at radius 3 is 2.08 bits per heavy atom. The molecule has 0 spiro atoms. The molecule has 3 aromatic heterocycles. The molecule has 5 heteroatoms. The highest BCUT2D eigenvalue weighted by atomic mass is 32.1. The van der Waals surface area contributed by atoms with Gasteiger partial charge in [0.25, 0.3) is 0 Å². The number of nitrogens with zero attached hydrogens (tertiary/aromatic N) is 3. The van der Waals surface area contributed by atoms with Crippen LogP contribution in [0.3, 0.4) is 0 Å². The molecule has 0 bridgehead atoms. The van der Waals surface area contributed by atoms with Gasteiger partial charge in [0.2, 0.25) is 0 Å². The first-order valence-electron chi connectivity index (χ1n) is 18.0. The fraction of sp³-hybridized carbons (Fsp3) is 0. The van der Waals surface area contributed by atoms with Crippen molar-refractivity contribution in [1.82, 2.24) is 15.0 Å². The predicted molar refractivity (Wildman–Crippen MR) is 199 cm³/mol. The molecule has 0 N–H and O–H groups in total. The van der Waals surface area contributed by atoms with Crippen molar-refractivity contribution in [2.45, 2.75) is 0 Å². The van der Waals surface area contributed by atoms with Crippen molar-refractivity contribution in [1.29, 1.82) is 0 Å². The summed E-state index contributed by atoms with van der Waals surface area (Å²) in [6.07, 6.45) is 0. The van der Waals surface area contributed by atoms with E-state index in [0.29, 0.717) is 17.0 Å². The summed E-state index contributed by atoms with van der Waals surface area (Å²) in [6.45, 7) is 0. The molecule has 0 aliphatic heterocycles. The fourth-order valence-electron chi connectivity index (χ4n) is 6.59. The van der Waals surface area contributed by atoms with Crippen LogP contribution in [0, 0.1) is 0 Å². The van der Waals surface area contributed by atoms with Crippen LogP contribution >= 0.6 is 11.3 Å². The van der Waals surface area contributed by atoms with Gasteiger partial charge in [0.15, 0.2) is 17.5 Å². The average molecular weight is 637 g/mol. The Hall–Kier alpha value is -6.17. The molecule has 0 saturated carbocycles. The smallest absolute Gasteiger partial charge is 0.164 e. The molecule has 0 fully saturated rings. The molecule has 0 atom stereocenters. The topological polar surface area (TPSA) is 51.8 Å². The summed E-state index contributed by atoms with van der Waals surface area (Å²) in [5.41, 5.74) is 4.72. The Balaban J connectivity index is 1.25. The molecule has 7 aromatic carbocycles. The molecule has 0 radical (unpaired) electrons. The normalized spacial score (nSPS) is 13.2. The van der Waals surface area contributed by atoms with Crippen molar-refractivity contribution in [3.05, 3.63) is 152 Å².